The number of aryl methyl sites for hydroxylation is 2. The lowest BCUT2D eigenvalue weighted by molar-refractivity contribution is -0.642. The lowest BCUT2D eigenvalue weighted by Crippen LogP contribution is -2.29. The van der Waals surface area contributed by atoms with E-state index in [1.165, 1.54) is 43.4 Å². The van der Waals surface area contributed by atoms with Crippen molar-refractivity contribution in [2.75, 3.05) is 11.9 Å². The predicted octanol–water partition coefficient (Wildman–Crippen LogP) is 6.32. The van der Waals surface area contributed by atoms with Crippen molar-refractivity contribution in [2.24, 2.45) is 7.05 Å². The summed E-state index contributed by atoms with van der Waals surface area (Å²) in [7, 11) is 4.26. The number of allylic oxidation sites excluding steroid dienone is 4. The van der Waals surface area contributed by atoms with E-state index in [1.807, 2.05) is 23.5 Å². The van der Waals surface area contributed by atoms with E-state index in [0.717, 1.165) is 23.4 Å². The summed E-state index contributed by atoms with van der Waals surface area (Å²) in [5.41, 5.74) is 6.53. The van der Waals surface area contributed by atoms with E-state index >= 15 is 0 Å². The molecular formula is C25H25N2OS2+. The molecule has 1 N–H and O–H groups in total. The number of phenols is 1. The molecule has 0 saturated heterocycles. The van der Waals surface area contributed by atoms with Gasteiger partial charge in [0.15, 0.2) is 0 Å². The minimum atomic E-state index is 0.324. The number of hydrogen-bond donors (Lipinski definition) is 1. The summed E-state index contributed by atoms with van der Waals surface area (Å²) < 4.78 is 3.65. The van der Waals surface area contributed by atoms with Gasteiger partial charge in [-0.1, -0.05) is 35.2 Å². The average molecular weight is 434 g/mol. The van der Waals surface area contributed by atoms with Gasteiger partial charge in [-0.05, 0) is 73.2 Å². The SMILES string of the molecule is Cc1ccc2c(c1)sc(/C=C1C=C(/C=C3\Sc4cc(O)ccc4N3C)CCC/1)[n+]2C. The number of thioether (sulfide) groups is 1. The smallest absolute Gasteiger partial charge is 0.262 e. The van der Waals surface area contributed by atoms with Crippen LogP contribution in [0, 0.1) is 6.92 Å². The first-order valence-corrected chi connectivity index (χ1v) is 11.9. The molecule has 0 fully saturated rings. The summed E-state index contributed by atoms with van der Waals surface area (Å²) in [6.45, 7) is 2.15. The molecule has 0 unspecified atom stereocenters. The van der Waals surface area contributed by atoms with Gasteiger partial charge < -0.3 is 10.0 Å². The van der Waals surface area contributed by atoms with Crippen molar-refractivity contribution in [3.05, 3.63) is 75.3 Å². The fourth-order valence-electron chi connectivity index (χ4n) is 4.12. The Hall–Kier alpha value is -2.50. The maximum absolute atomic E-state index is 9.78. The van der Waals surface area contributed by atoms with E-state index in [4.69, 9.17) is 0 Å². The third-order valence-corrected chi connectivity index (χ3v) is 8.09. The highest BCUT2D eigenvalue weighted by Gasteiger charge is 2.23. The van der Waals surface area contributed by atoms with Gasteiger partial charge in [-0.3, -0.25) is 0 Å². The van der Waals surface area contributed by atoms with Gasteiger partial charge in [0.1, 0.15) is 17.5 Å². The second-order valence-corrected chi connectivity index (χ2v) is 10.2. The zero-order chi connectivity index (χ0) is 20.8. The molecule has 0 saturated carbocycles. The van der Waals surface area contributed by atoms with Gasteiger partial charge in [0, 0.05) is 24.1 Å². The minimum absolute atomic E-state index is 0.324. The fraction of sp³-hybridized carbons (Fsp3) is 0.240. The van der Waals surface area contributed by atoms with Crippen LogP contribution in [0.3, 0.4) is 0 Å². The van der Waals surface area contributed by atoms with Gasteiger partial charge in [0.05, 0.1) is 10.7 Å². The minimum Gasteiger partial charge on any atom is -0.508 e. The molecule has 1 aliphatic carbocycles. The lowest BCUT2D eigenvalue weighted by atomic mass is 9.95. The van der Waals surface area contributed by atoms with Crippen molar-refractivity contribution >= 4 is 45.1 Å². The summed E-state index contributed by atoms with van der Waals surface area (Å²) in [4.78, 5) is 3.33. The van der Waals surface area contributed by atoms with Gasteiger partial charge in [0.25, 0.3) is 5.01 Å². The molecule has 0 amide bonds. The van der Waals surface area contributed by atoms with Crippen LogP contribution in [0.15, 0.2) is 69.6 Å². The number of rotatable bonds is 2. The summed E-state index contributed by atoms with van der Waals surface area (Å²) in [5, 5.41) is 12.3. The van der Waals surface area contributed by atoms with E-state index < -0.39 is 0 Å². The van der Waals surface area contributed by atoms with Crippen LogP contribution in [0.5, 0.6) is 5.75 Å². The molecule has 3 nitrogen and oxygen atoms in total. The quantitative estimate of drug-likeness (QED) is 0.479. The number of anilines is 1. The highest BCUT2D eigenvalue weighted by atomic mass is 32.2. The largest absolute Gasteiger partial charge is 0.508 e. The Bertz CT molecular complexity index is 1250. The standard InChI is InChI=1S/C25H24N2OS2/c1-16-7-9-20-22(11-16)29-24(26(20)2)13-17-5-4-6-18(12-17)14-25-27(3)21-10-8-19(28)15-23(21)30-25/h7-15H,4-6H2,1-3H3/p+1. The van der Waals surface area contributed by atoms with Gasteiger partial charge in [-0.2, -0.15) is 4.57 Å². The highest BCUT2D eigenvalue weighted by Crippen LogP contribution is 2.47. The topological polar surface area (TPSA) is 27.3 Å². The number of hydrogen-bond acceptors (Lipinski definition) is 4. The second-order valence-electron chi connectivity index (χ2n) is 8.06. The Balaban J connectivity index is 1.45. The molecule has 5 heteroatoms. The van der Waals surface area contributed by atoms with Crippen LogP contribution in [0.2, 0.25) is 0 Å². The summed E-state index contributed by atoms with van der Waals surface area (Å²) >= 11 is 3.59. The normalized spacial score (nSPS) is 19.0. The Morgan fingerprint density at radius 2 is 1.97 bits per heavy atom. The van der Waals surface area contributed by atoms with E-state index in [0.29, 0.717) is 5.75 Å². The first-order chi connectivity index (χ1) is 14.5. The van der Waals surface area contributed by atoms with Gasteiger partial charge >= 0.3 is 0 Å². The molecule has 2 heterocycles. The Morgan fingerprint density at radius 1 is 1.10 bits per heavy atom. The molecule has 152 valence electrons. The summed E-state index contributed by atoms with van der Waals surface area (Å²) in [5.74, 6) is 0.324. The molecule has 2 aliphatic rings. The molecule has 0 spiro atoms. The van der Waals surface area contributed by atoms with Crippen molar-refractivity contribution in [1.29, 1.82) is 0 Å². The number of aromatic hydroxyl groups is 1. The number of thiazole rings is 1. The molecule has 0 bridgehead atoms. The van der Waals surface area contributed by atoms with Crippen LogP contribution in [0.25, 0.3) is 16.3 Å². The van der Waals surface area contributed by atoms with E-state index in [1.54, 1.807) is 17.8 Å². The Morgan fingerprint density at radius 3 is 2.83 bits per heavy atom. The van der Waals surface area contributed by atoms with Gasteiger partial charge in [-0.25, -0.2) is 0 Å². The van der Waals surface area contributed by atoms with Crippen molar-refractivity contribution in [3.63, 3.8) is 0 Å². The van der Waals surface area contributed by atoms with Crippen molar-refractivity contribution < 1.29 is 9.67 Å². The third kappa shape index (κ3) is 3.57. The average Bonchev–Trinajstić information content (AvgIpc) is 3.18. The van der Waals surface area contributed by atoms with E-state index in [-0.39, 0.29) is 0 Å². The number of phenolic OH excluding ortho intramolecular Hbond substituents is 1. The zero-order valence-corrected chi connectivity index (χ0v) is 19.1. The number of benzene rings is 2. The van der Waals surface area contributed by atoms with Gasteiger partial charge in [-0.15, -0.1) is 0 Å². The molecule has 2 aromatic carbocycles. The van der Waals surface area contributed by atoms with E-state index in [9.17, 15) is 5.11 Å². The molecule has 0 atom stereocenters. The van der Waals surface area contributed by atoms with Crippen molar-refractivity contribution in [2.45, 2.75) is 31.1 Å². The monoisotopic (exact) mass is 433 g/mol. The van der Waals surface area contributed by atoms with Crippen molar-refractivity contribution in [1.82, 2.24) is 0 Å². The molecule has 3 aromatic rings. The highest BCUT2D eigenvalue weighted by molar-refractivity contribution is 8.03. The zero-order valence-electron chi connectivity index (χ0n) is 17.5. The van der Waals surface area contributed by atoms with Crippen LogP contribution in [-0.4, -0.2) is 12.2 Å². The van der Waals surface area contributed by atoms with Crippen LogP contribution >= 0.6 is 23.1 Å². The van der Waals surface area contributed by atoms with Crippen molar-refractivity contribution in [3.8, 4) is 5.75 Å². The second kappa shape index (κ2) is 7.64. The molecule has 30 heavy (non-hydrogen) atoms. The lowest BCUT2D eigenvalue weighted by Gasteiger charge is -2.16. The van der Waals surface area contributed by atoms with Crippen LogP contribution in [0.4, 0.5) is 5.69 Å². The van der Waals surface area contributed by atoms with E-state index in [2.05, 4.69) is 66.9 Å². The number of fused-ring (bicyclic) bond motifs is 2. The predicted molar refractivity (Wildman–Crippen MR) is 128 cm³/mol. The van der Waals surface area contributed by atoms with Crippen LogP contribution < -0.4 is 9.47 Å². The Labute approximate surface area is 185 Å². The first-order valence-electron chi connectivity index (χ1n) is 10.2. The summed E-state index contributed by atoms with van der Waals surface area (Å²) in [6, 6.07) is 12.3. The number of nitrogens with zero attached hydrogens (tertiary/aromatic N) is 2. The molecule has 5 rings (SSSR count). The van der Waals surface area contributed by atoms with Crippen LogP contribution in [0.1, 0.15) is 29.8 Å². The first kappa shape index (κ1) is 19.5. The maximum atomic E-state index is 9.78. The molecule has 1 aromatic heterocycles. The Kier molecular flexibility index (Phi) is 4.95. The van der Waals surface area contributed by atoms with Crippen LogP contribution in [-0.2, 0) is 7.05 Å². The third-order valence-electron chi connectivity index (χ3n) is 5.79. The maximum Gasteiger partial charge on any atom is 0.262 e. The summed E-state index contributed by atoms with van der Waals surface area (Å²) in [6.07, 6.45) is 10.4. The fourth-order valence-corrected chi connectivity index (χ4v) is 6.50. The van der Waals surface area contributed by atoms with Gasteiger partial charge in [0.2, 0.25) is 5.52 Å². The number of aromatic nitrogens is 1. The molecular weight excluding hydrogens is 408 g/mol. The molecule has 0 radical (unpaired) electrons. The molecule has 1 aliphatic heterocycles.